The first kappa shape index (κ1) is 28.0. The summed E-state index contributed by atoms with van der Waals surface area (Å²) in [5.41, 5.74) is 18.5. The van der Waals surface area contributed by atoms with Gasteiger partial charge in [-0.15, -0.1) is 0 Å². The van der Waals surface area contributed by atoms with E-state index >= 15 is 0 Å². The van der Waals surface area contributed by atoms with Crippen LogP contribution in [0.4, 0.5) is 11.4 Å². The Kier molecular flexibility index (Phi) is 5.58. The minimum Gasteiger partial charge on any atom is -0.456 e. The molecule has 2 aromatic heterocycles. The van der Waals surface area contributed by atoms with Crippen LogP contribution in [0.2, 0.25) is 0 Å². The van der Waals surface area contributed by atoms with Crippen molar-refractivity contribution in [3.63, 3.8) is 0 Å². The van der Waals surface area contributed by atoms with Gasteiger partial charge in [-0.2, -0.15) is 0 Å². The Morgan fingerprint density at radius 1 is 0.327 bits per heavy atom. The Hall–Kier alpha value is -6.78. The van der Waals surface area contributed by atoms with Crippen LogP contribution in [-0.4, -0.2) is 6.85 Å². The Labute approximate surface area is 300 Å². The summed E-state index contributed by atoms with van der Waals surface area (Å²) in [6.45, 7) is 0.0439. The van der Waals surface area contributed by atoms with Gasteiger partial charge in [0.1, 0.15) is 22.3 Å². The van der Waals surface area contributed by atoms with Crippen LogP contribution in [0.1, 0.15) is 0 Å². The molecule has 10 aromatic rings. The lowest BCUT2D eigenvalue weighted by molar-refractivity contribution is 0.668. The third kappa shape index (κ3) is 3.86. The van der Waals surface area contributed by atoms with Gasteiger partial charge in [-0.3, -0.25) is 0 Å². The molecule has 3 nitrogen and oxygen atoms in total. The fourth-order valence-corrected chi connectivity index (χ4v) is 8.91. The highest BCUT2D eigenvalue weighted by molar-refractivity contribution is 6.92. The molecule has 52 heavy (non-hydrogen) atoms. The summed E-state index contributed by atoms with van der Waals surface area (Å²) in [5, 5.41) is 4.56. The van der Waals surface area contributed by atoms with Crippen LogP contribution < -0.4 is 15.7 Å². The molecule has 4 heteroatoms. The van der Waals surface area contributed by atoms with Crippen LogP contribution in [0, 0.1) is 0 Å². The Morgan fingerprint density at radius 3 is 1.52 bits per heavy atom. The van der Waals surface area contributed by atoms with Crippen LogP contribution in [0.25, 0.3) is 88.4 Å². The van der Waals surface area contributed by atoms with E-state index in [0.717, 1.165) is 43.9 Å². The Morgan fingerprint density at radius 2 is 0.808 bits per heavy atom. The normalized spacial score (nSPS) is 12.9. The van der Waals surface area contributed by atoms with E-state index in [4.69, 9.17) is 8.83 Å². The SMILES string of the molecule is c1ccc2c(c1)B1c3ccc(-c4ccc5oc6ccccc6c5c4)cc3-c3cc(-c4ccc5oc6ccccc6c5c4)ccc3N1c1ccccc1-2. The number of anilines is 2. The Balaban J connectivity index is 1.10. The summed E-state index contributed by atoms with van der Waals surface area (Å²) >= 11 is 0. The molecule has 0 saturated carbocycles. The maximum Gasteiger partial charge on any atom is 0.329 e. The molecule has 4 heterocycles. The average Bonchev–Trinajstić information content (AvgIpc) is 3.78. The van der Waals surface area contributed by atoms with Gasteiger partial charge in [0.25, 0.3) is 0 Å². The van der Waals surface area contributed by atoms with Gasteiger partial charge in [-0.25, -0.2) is 0 Å². The number of nitrogens with zero attached hydrogens (tertiary/aromatic N) is 1. The number of hydrogen-bond donors (Lipinski definition) is 0. The highest BCUT2D eigenvalue weighted by atomic mass is 16.3. The summed E-state index contributed by atoms with van der Waals surface area (Å²) in [7, 11) is 0. The van der Waals surface area contributed by atoms with Crippen molar-refractivity contribution >= 4 is 73.0 Å². The van der Waals surface area contributed by atoms with Gasteiger partial charge in [0, 0.05) is 44.0 Å². The molecule has 0 N–H and O–H groups in total. The van der Waals surface area contributed by atoms with E-state index in [1.54, 1.807) is 0 Å². The van der Waals surface area contributed by atoms with E-state index < -0.39 is 0 Å². The van der Waals surface area contributed by atoms with E-state index in [2.05, 4.69) is 150 Å². The molecular formula is C48H28BNO2. The fourth-order valence-electron chi connectivity index (χ4n) is 8.91. The van der Waals surface area contributed by atoms with E-state index in [0.29, 0.717) is 0 Å². The van der Waals surface area contributed by atoms with Gasteiger partial charge >= 0.3 is 6.85 Å². The first-order valence-electron chi connectivity index (χ1n) is 17.9. The molecule has 2 aliphatic heterocycles. The summed E-state index contributed by atoms with van der Waals surface area (Å²) in [5.74, 6) is 0. The molecule has 240 valence electrons. The highest BCUT2D eigenvalue weighted by Crippen LogP contribution is 2.48. The molecule has 0 radical (unpaired) electrons. The van der Waals surface area contributed by atoms with Crippen LogP contribution in [0.5, 0.6) is 0 Å². The molecule has 12 rings (SSSR count). The van der Waals surface area contributed by atoms with Gasteiger partial charge < -0.3 is 13.6 Å². The predicted octanol–water partition coefficient (Wildman–Crippen LogP) is 11.7. The van der Waals surface area contributed by atoms with E-state index in [-0.39, 0.29) is 6.85 Å². The zero-order valence-corrected chi connectivity index (χ0v) is 28.0. The van der Waals surface area contributed by atoms with Crippen molar-refractivity contribution in [3.05, 3.63) is 170 Å². The van der Waals surface area contributed by atoms with Gasteiger partial charge in [0.15, 0.2) is 0 Å². The van der Waals surface area contributed by atoms with E-state index in [1.807, 2.05) is 24.3 Å². The van der Waals surface area contributed by atoms with Crippen molar-refractivity contribution in [2.75, 3.05) is 4.81 Å². The smallest absolute Gasteiger partial charge is 0.329 e. The maximum absolute atomic E-state index is 6.19. The van der Waals surface area contributed by atoms with Gasteiger partial charge in [0.05, 0.1) is 0 Å². The molecule has 8 aromatic carbocycles. The minimum absolute atomic E-state index is 0.0439. The Bertz CT molecular complexity index is 2900. The van der Waals surface area contributed by atoms with E-state index in [9.17, 15) is 0 Å². The van der Waals surface area contributed by atoms with Crippen molar-refractivity contribution < 1.29 is 8.83 Å². The molecule has 0 fully saturated rings. The maximum atomic E-state index is 6.19. The van der Waals surface area contributed by atoms with Crippen molar-refractivity contribution in [2.45, 2.75) is 0 Å². The number of furan rings is 2. The van der Waals surface area contributed by atoms with Gasteiger partial charge in [-0.1, -0.05) is 109 Å². The standard InChI is InChI=1S/C48H28BNO2/c1-5-13-41-33(9-1)34-10-2-6-14-43(34)50-44-22-18-30(32-20-24-48-40(28-32)36-12-4-8-16-46(36)52-48)26-38(44)37-25-29(17-21-42(37)49(41)50)31-19-23-47-39(27-31)35-11-3-7-15-45(35)51-47/h1-28H. The van der Waals surface area contributed by atoms with Crippen LogP contribution in [0.3, 0.4) is 0 Å². The number of fused-ring (bicyclic) bond motifs is 17. The van der Waals surface area contributed by atoms with Crippen molar-refractivity contribution in [2.24, 2.45) is 0 Å². The lowest BCUT2D eigenvalue weighted by Gasteiger charge is -2.43. The second-order valence-corrected chi connectivity index (χ2v) is 14.0. The highest BCUT2D eigenvalue weighted by Gasteiger charge is 2.42. The zero-order chi connectivity index (χ0) is 33.9. The summed E-state index contributed by atoms with van der Waals surface area (Å²) < 4.78 is 12.4. The second-order valence-electron chi connectivity index (χ2n) is 14.0. The molecule has 2 aliphatic rings. The molecule has 0 aliphatic carbocycles. The van der Waals surface area contributed by atoms with Crippen LogP contribution in [0.15, 0.2) is 179 Å². The van der Waals surface area contributed by atoms with Crippen LogP contribution in [-0.2, 0) is 0 Å². The van der Waals surface area contributed by atoms with Crippen molar-refractivity contribution in [1.29, 1.82) is 0 Å². The predicted molar refractivity (Wildman–Crippen MR) is 216 cm³/mol. The number of benzene rings is 8. The average molecular weight is 662 g/mol. The number of hydrogen-bond acceptors (Lipinski definition) is 3. The first-order valence-corrected chi connectivity index (χ1v) is 17.9. The summed E-state index contributed by atoms with van der Waals surface area (Å²) in [4.78, 5) is 2.56. The quantitative estimate of drug-likeness (QED) is 0.173. The van der Waals surface area contributed by atoms with Crippen LogP contribution >= 0.6 is 0 Å². The zero-order valence-electron chi connectivity index (χ0n) is 28.0. The summed E-state index contributed by atoms with van der Waals surface area (Å²) in [6, 6.07) is 61.6. The lowest BCUT2D eigenvalue weighted by Crippen LogP contribution is -2.59. The lowest BCUT2D eigenvalue weighted by atomic mass is 9.43. The molecular weight excluding hydrogens is 633 g/mol. The minimum atomic E-state index is 0.0439. The van der Waals surface area contributed by atoms with Gasteiger partial charge in [0.2, 0.25) is 0 Å². The summed E-state index contributed by atoms with van der Waals surface area (Å²) in [6.07, 6.45) is 0. The first-order chi connectivity index (χ1) is 25.8. The molecule has 0 bridgehead atoms. The number of para-hydroxylation sites is 3. The fraction of sp³-hybridized carbons (Fsp3) is 0. The van der Waals surface area contributed by atoms with Gasteiger partial charge in [-0.05, 0) is 105 Å². The topological polar surface area (TPSA) is 29.5 Å². The largest absolute Gasteiger partial charge is 0.456 e. The number of rotatable bonds is 2. The van der Waals surface area contributed by atoms with E-state index in [1.165, 1.54) is 66.8 Å². The third-order valence-electron chi connectivity index (χ3n) is 11.3. The molecule has 0 spiro atoms. The molecule has 0 unspecified atom stereocenters. The molecule has 0 atom stereocenters. The van der Waals surface area contributed by atoms with Crippen molar-refractivity contribution in [1.82, 2.24) is 0 Å². The second kappa shape index (κ2) is 10.4. The third-order valence-corrected chi connectivity index (χ3v) is 11.3. The van der Waals surface area contributed by atoms with Crippen molar-refractivity contribution in [3.8, 4) is 44.5 Å². The molecule has 0 amide bonds. The molecule has 0 saturated heterocycles. The monoisotopic (exact) mass is 661 g/mol.